The Hall–Kier alpha value is -1.31. The summed E-state index contributed by atoms with van der Waals surface area (Å²) in [5, 5.41) is 0. The number of hydrogen-bond acceptors (Lipinski definition) is 2. The molecule has 0 saturated carbocycles. The van der Waals surface area contributed by atoms with E-state index in [0.717, 1.165) is 19.3 Å². The zero-order valence-electron chi connectivity index (χ0n) is 14.4. The first kappa shape index (κ1) is 18.7. The molecule has 0 atom stereocenters. The lowest BCUT2D eigenvalue weighted by Crippen LogP contribution is -2.07. The number of esters is 1. The molecule has 0 saturated heterocycles. The number of rotatable bonds is 12. The summed E-state index contributed by atoms with van der Waals surface area (Å²) in [6, 6.07) is 7.80. The topological polar surface area (TPSA) is 26.3 Å². The maximum Gasteiger partial charge on any atom is 0.311 e. The highest BCUT2D eigenvalue weighted by molar-refractivity contribution is 5.72. The third-order valence-corrected chi connectivity index (χ3v) is 4.02. The molecule has 2 nitrogen and oxygen atoms in total. The molecular weight excluding hydrogens is 272 g/mol. The predicted octanol–water partition coefficient (Wildman–Crippen LogP) is 6.08. The van der Waals surface area contributed by atoms with E-state index in [9.17, 15) is 4.79 Å². The molecule has 0 fully saturated rings. The van der Waals surface area contributed by atoms with Gasteiger partial charge in [0.05, 0.1) is 0 Å². The van der Waals surface area contributed by atoms with Crippen LogP contribution in [0.3, 0.4) is 0 Å². The van der Waals surface area contributed by atoms with Gasteiger partial charge in [0, 0.05) is 6.42 Å². The smallest absolute Gasteiger partial charge is 0.311 e. The van der Waals surface area contributed by atoms with Crippen LogP contribution in [0.5, 0.6) is 5.75 Å². The fraction of sp³-hybridized carbons (Fsp3) is 0.650. The van der Waals surface area contributed by atoms with Gasteiger partial charge in [0.15, 0.2) is 0 Å². The maximum absolute atomic E-state index is 11.8. The molecule has 0 spiro atoms. The van der Waals surface area contributed by atoms with Crippen LogP contribution in [0.4, 0.5) is 0 Å². The highest BCUT2D eigenvalue weighted by atomic mass is 16.5. The fourth-order valence-electron chi connectivity index (χ4n) is 2.59. The average molecular weight is 304 g/mol. The molecule has 0 aliphatic carbocycles. The summed E-state index contributed by atoms with van der Waals surface area (Å²) in [5.74, 6) is 0.580. The van der Waals surface area contributed by atoms with Crippen molar-refractivity contribution in [1.29, 1.82) is 0 Å². The average Bonchev–Trinajstić information content (AvgIpc) is 2.53. The number of aryl methyl sites for hydroxylation is 1. The first-order valence-electron chi connectivity index (χ1n) is 9.06. The zero-order valence-corrected chi connectivity index (χ0v) is 14.4. The van der Waals surface area contributed by atoms with Crippen molar-refractivity contribution in [3.8, 4) is 5.75 Å². The monoisotopic (exact) mass is 304 g/mol. The summed E-state index contributed by atoms with van der Waals surface area (Å²) in [7, 11) is 0. The zero-order chi connectivity index (χ0) is 16.0. The number of unbranched alkanes of at least 4 members (excludes halogenated alkanes) is 8. The summed E-state index contributed by atoms with van der Waals surface area (Å²) in [6.45, 7) is 4.35. The van der Waals surface area contributed by atoms with Crippen molar-refractivity contribution < 1.29 is 9.53 Å². The SMILES string of the molecule is CCCCCCCCCCCC(=O)Oc1cccc(CC)c1. The van der Waals surface area contributed by atoms with Gasteiger partial charge >= 0.3 is 5.97 Å². The van der Waals surface area contributed by atoms with E-state index in [2.05, 4.69) is 19.9 Å². The van der Waals surface area contributed by atoms with Gasteiger partial charge in [-0.3, -0.25) is 4.79 Å². The van der Waals surface area contributed by atoms with E-state index in [1.54, 1.807) is 0 Å². The van der Waals surface area contributed by atoms with Crippen molar-refractivity contribution in [3.63, 3.8) is 0 Å². The van der Waals surface area contributed by atoms with Crippen LogP contribution in [0.2, 0.25) is 0 Å². The van der Waals surface area contributed by atoms with Crippen molar-refractivity contribution in [3.05, 3.63) is 29.8 Å². The van der Waals surface area contributed by atoms with Crippen molar-refractivity contribution >= 4 is 5.97 Å². The second-order valence-electron chi connectivity index (χ2n) is 6.05. The van der Waals surface area contributed by atoms with Crippen LogP contribution in [-0.2, 0) is 11.2 Å². The lowest BCUT2D eigenvalue weighted by molar-refractivity contribution is -0.134. The second-order valence-corrected chi connectivity index (χ2v) is 6.05. The van der Waals surface area contributed by atoms with Gasteiger partial charge in [0.1, 0.15) is 5.75 Å². The molecule has 0 aliphatic rings. The van der Waals surface area contributed by atoms with Crippen LogP contribution >= 0.6 is 0 Å². The van der Waals surface area contributed by atoms with Crippen LogP contribution in [-0.4, -0.2) is 5.97 Å². The number of carbonyl (C=O) groups excluding carboxylic acids is 1. The first-order valence-corrected chi connectivity index (χ1v) is 9.06. The molecule has 0 heterocycles. The van der Waals surface area contributed by atoms with Crippen molar-refractivity contribution in [2.45, 2.75) is 84.5 Å². The van der Waals surface area contributed by atoms with Gasteiger partial charge in [0.2, 0.25) is 0 Å². The van der Waals surface area contributed by atoms with Gasteiger partial charge in [0.25, 0.3) is 0 Å². The highest BCUT2D eigenvalue weighted by Crippen LogP contribution is 2.15. The molecule has 1 aromatic rings. The molecule has 0 aliphatic heterocycles. The Morgan fingerprint density at radius 2 is 1.55 bits per heavy atom. The minimum absolute atomic E-state index is 0.101. The van der Waals surface area contributed by atoms with E-state index in [1.165, 1.54) is 50.5 Å². The van der Waals surface area contributed by atoms with Gasteiger partial charge in [-0.05, 0) is 30.5 Å². The van der Waals surface area contributed by atoms with E-state index in [0.29, 0.717) is 12.2 Å². The minimum Gasteiger partial charge on any atom is -0.427 e. The van der Waals surface area contributed by atoms with E-state index < -0.39 is 0 Å². The number of carbonyl (C=O) groups is 1. The molecule has 0 unspecified atom stereocenters. The fourth-order valence-corrected chi connectivity index (χ4v) is 2.59. The quantitative estimate of drug-likeness (QED) is 0.266. The van der Waals surface area contributed by atoms with Gasteiger partial charge in [-0.1, -0.05) is 77.3 Å². The summed E-state index contributed by atoms with van der Waals surface area (Å²) < 4.78 is 5.39. The van der Waals surface area contributed by atoms with Crippen LogP contribution in [0.1, 0.15) is 83.6 Å². The van der Waals surface area contributed by atoms with Gasteiger partial charge in [-0.2, -0.15) is 0 Å². The second kappa shape index (κ2) is 12.3. The molecule has 0 N–H and O–H groups in total. The Balaban J connectivity index is 2.03. The molecule has 1 rings (SSSR count). The van der Waals surface area contributed by atoms with E-state index in [4.69, 9.17) is 4.74 Å². The molecule has 0 radical (unpaired) electrons. The lowest BCUT2D eigenvalue weighted by atomic mass is 10.1. The minimum atomic E-state index is -0.101. The van der Waals surface area contributed by atoms with Crippen LogP contribution < -0.4 is 4.74 Å². The van der Waals surface area contributed by atoms with Crippen molar-refractivity contribution in [1.82, 2.24) is 0 Å². The summed E-state index contributed by atoms with van der Waals surface area (Å²) in [5.41, 5.74) is 1.20. The maximum atomic E-state index is 11.8. The Morgan fingerprint density at radius 1 is 0.909 bits per heavy atom. The van der Waals surface area contributed by atoms with E-state index in [1.807, 2.05) is 18.2 Å². The first-order chi connectivity index (χ1) is 10.8. The third-order valence-electron chi connectivity index (χ3n) is 4.02. The number of hydrogen-bond donors (Lipinski definition) is 0. The molecule has 0 bridgehead atoms. The van der Waals surface area contributed by atoms with Gasteiger partial charge < -0.3 is 4.74 Å². The summed E-state index contributed by atoms with van der Waals surface area (Å²) in [4.78, 5) is 11.8. The molecule has 0 aromatic heterocycles. The predicted molar refractivity (Wildman–Crippen MR) is 93.3 cm³/mol. The van der Waals surface area contributed by atoms with E-state index >= 15 is 0 Å². The standard InChI is InChI=1S/C20H32O2/c1-3-5-6-7-8-9-10-11-12-16-20(21)22-19-15-13-14-18(4-2)17-19/h13-15,17H,3-12,16H2,1-2H3. The van der Waals surface area contributed by atoms with Gasteiger partial charge in [-0.25, -0.2) is 0 Å². The Labute approximate surface area is 136 Å². The summed E-state index contributed by atoms with van der Waals surface area (Å²) >= 11 is 0. The van der Waals surface area contributed by atoms with Crippen LogP contribution in [0.25, 0.3) is 0 Å². The van der Waals surface area contributed by atoms with Crippen LogP contribution in [0.15, 0.2) is 24.3 Å². The normalized spacial score (nSPS) is 10.6. The van der Waals surface area contributed by atoms with Crippen molar-refractivity contribution in [2.75, 3.05) is 0 Å². The molecule has 124 valence electrons. The lowest BCUT2D eigenvalue weighted by Gasteiger charge is -2.06. The van der Waals surface area contributed by atoms with Crippen molar-refractivity contribution in [2.24, 2.45) is 0 Å². The molecule has 1 aromatic carbocycles. The number of ether oxygens (including phenoxy) is 1. The molecule has 0 amide bonds. The Morgan fingerprint density at radius 3 is 2.18 bits per heavy atom. The third kappa shape index (κ3) is 8.86. The largest absolute Gasteiger partial charge is 0.427 e. The Bertz CT molecular complexity index is 412. The highest BCUT2D eigenvalue weighted by Gasteiger charge is 2.05. The molecule has 22 heavy (non-hydrogen) atoms. The van der Waals surface area contributed by atoms with Crippen LogP contribution in [0, 0.1) is 0 Å². The van der Waals surface area contributed by atoms with E-state index in [-0.39, 0.29) is 5.97 Å². The summed E-state index contributed by atoms with van der Waals surface area (Å²) in [6.07, 6.45) is 12.9. The Kier molecular flexibility index (Phi) is 10.4. The number of benzene rings is 1. The molecule has 2 heteroatoms. The van der Waals surface area contributed by atoms with Gasteiger partial charge in [-0.15, -0.1) is 0 Å². The molecular formula is C20H32O2.